The molecule has 0 saturated carbocycles. The molecule has 6 heteroatoms. The van der Waals surface area contributed by atoms with Crippen LogP contribution in [0.3, 0.4) is 0 Å². The maximum Gasteiger partial charge on any atom is 0.277 e. The van der Waals surface area contributed by atoms with Gasteiger partial charge in [-0.05, 0) is 6.42 Å². The normalized spacial score (nSPS) is 38.3. The fourth-order valence-corrected chi connectivity index (χ4v) is 2.61. The van der Waals surface area contributed by atoms with E-state index in [0.717, 1.165) is 6.42 Å². The molecule has 0 amide bonds. The van der Waals surface area contributed by atoms with E-state index < -0.39 is 10.2 Å². The zero-order valence-corrected chi connectivity index (χ0v) is 6.75. The zero-order valence-electron chi connectivity index (χ0n) is 5.93. The van der Waals surface area contributed by atoms with Crippen LogP contribution in [0.4, 0.5) is 0 Å². The number of rotatable bonds is 1. The summed E-state index contributed by atoms with van der Waals surface area (Å²) in [6.07, 6.45) is 0.884. The molecule has 0 radical (unpaired) electrons. The maximum atomic E-state index is 10.9. The summed E-state index contributed by atoms with van der Waals surface area (Å²) < 4.78 is 28.3. The van der Waals surface area contributed by atoms with Gasteiger partial charge in [0.05, 0.1) is 18.8 Å². The Kier molecular flexibility index (Phi) is 1.47. The van der Waals surface area contributed by atoms with Crippen molar-refractivity contribution in [3.05, 3.63) is 0 Å². The van der Waals surface area contributed by atoms with Crippen LogP contribution >= 0.6 is 0 Å². The fourth-order valence-electron chi connectivity index (χ4n) is 1.68. The van der Waals surface area contributed by atoms with E-state index in [4.69, 9.17) is 9.88 Å². The molecule has 0 aromatic heterocycles. The van der Waals surface area contributed by atoms with E-state index in [2.05, 4.69) is 0 Å². The van der Waals surface area contributed by atoms with Gasteiger partial charge in [0.25, 0.3) is 10.2 Å². The molecule has 11 heavy (non-hydrogen) atoms. The molecule has 0 unspecified atom stereocenters. The van der Waals surface area contributed by atoms with E-state index in [0.29, 0.717) is 13.2 Å². The first-order valence-corrected chi connectivity index (χ1v) is 4.99. The summed E-state index contributed by atoms with van der Waals surface area (Å²) in [5.41, 5.74) is 0. The van der Waals surface area contributed by atoms with E-state index >= 15 is 0 Å². The SMILES string of the molecule is NS(=O)(=O)N1C[C@@H]2C[C@H]1CO2. The van der Waals surface area contributed by atoms with Crippen LogP contribution in [0.1, 0.15) is 6.42 Å². The van der Waals surface area contributed by atoms with Gasteiger partial charge < -0.3 is 4.74 Å². The van der Waals surface area contributed by atoms with Crippen molar-refractivity contribution < 1.29 is 13.2 Å². The fraction of sp³-hybridized carbons (Fsp3) is 1.00. The second kappa shape index (κ2) is 2.16. The third kappa shape index (κ3) is 1.16. The first-order chi connectivity index (χ1) is 5.07. The van der Waals surface area contributed by atoms with Crippen molar-refractivity contribution in [2.24, 2.45) is 5.14 Å². The maximum absolute atomic E-state index is 10.9. The Morgan fingerprint density at radius 2 is 2.27 bits per heavy atom. The molecule has 2 saturated heterocycles. The second-order valence-electron chi connectivity index (χ2n) is 2.96. The van der Waals surface area contributed by atoms with Crippen LogP contribution in [0, 0.1) is 0 Å². The van der Waals surface area contributed by atoms with Gasteiger partial charge in [0, 0.05) is 6.54 Å². The minimum atomic E-state index is -3.48. The molecule has 2 atom stereocenters. The average molecular weight is 178 g/mol. The van der Waals surface area contributed by atoms with Crippen LogP contribution in [-0.4, -0.2) is 38.0 Å². The first-order valence-electron chi connectivity index (χ1n) is 3.48. The lowest BCUT2D eigenvalue weighted by molar-refractivity contribution is 0.0608. The number of ether oxygens (including phenoxy) is 1. The van der Waals surface area contributed by atoms with Crippen LogP contribution in [0.25, 0.3) is 0 Å². The predicted molar refractivity (Wildman–Crippen MR) is 38.0 cm³/mol. The van der Waals surface area contributed by atoms with Crippen LogP contribution in [-0.2, 0) is 14.9 Å². The quantitative estimate of drug-likeness (QED) is 0.540. The largest absolute Gasteiger partial charge is 0.375 e. The summed E-state index contributed by atoms with van der Waals surface area (Å²) in [5, 5.41) is 4.97. The molecule has 0 aromatic carbocycles. The Hall–Kier alpha value is -0.170. The Morgan fingerprint density at radius 3 is 2.55 bits per heavy atom. The third-order valence-electron chi connectivity index (χ3n) is 2.18. The van der Waals surface area contributed by atoms with Gasteiger partial charge in [-0.2, -0.15) is 12.7 Å². The van der Waals surface area contributed by atoms with Gasteiger partial charge in [-0.3, -0.25) is 0 Å². The Labute approximate surface area is 65.3 Å². The molecule has 0 aromatic rings. The minimum Gasteiger partial charge on any atom is -0.375 e. The molecule has 2 aliphatic heterocycles. The van der Waals surface area contributed by atoms with E-state index in [-0.39, 0.29) is 12.1 Å². The summed E-state index contributed by atoms with van der Waals surface area (Å²) >= 11 is 0. The number of nitrogens with two attached hydrogens (primary N) is 1. The Morgan fingerprint density at radius 1 is 1.55 bits per heavy atom. The highest BCUT2D eigenvalue weighted by Gasteiger charge is 2.43. The molecular formula is C5H10N2O3S. The van der Waals surface area contributed by atoms with Gasteiger partial charge in [-0.25, -0.2) is 5.14 Å². The Balaban J connectivity index is 2.21. The Bertz CT molecular complexity index is 263. The van der Waals surface area contributed by atoms with Gasteiger partial charge in [0.15, 0.2) is 0 Å². The number of hydrogen-bond acceptors (Lipinski definition) is 3. The van der Waals surface area contributed by atoms with Crippen molar-refractivity contribution in [3.8, 4) is 0 Å². The van der Waals surface area contributed by atoms with Crippen LogP contribution in [0.5, 0.6) is 0 Å². The van der Waals surface area contributed by atoms with E-state index in [1.165, 1.54) is 4.31 Å². The number of fused-ring (bicyclic) bond motifs is 2. The molecule has 2 bridgehead atoms. The lowest BCUT2D eigenvalue weighted by Gasteiger charge is -2.23. The van der Waals surface area contributed by atoms with Crippen molar-refractivity contribution in [3.63, 3.8) is 0 Å². The molecule has 5 nitrogen and oxygen atoms in total. The van der Waals surface area contributed by atoms with Crippen LogP contribution in [0.2, 0.25) is 0 Å². The van der Waals surface area contributed by atoms with Crippen LogP contribution in [0.15, 0.2) is 0 Å². The van der Waals surface area contributed by atoms with Gasteiger partial charge in [-0.1, -0.05) is 0 Å². The summed E-state index contributed by atoms with van der Waals surface area (Å²) in [7, 11) is -3.48. The summed E-state index contributed by atoms with van der Waals surface area (Å²) in [6, 6.07) is -0.00463. The molecule has 2 aliphatic rings. The molecule has 2 rings (SSSR count). The minimum absolute atomic E-state index is 0.00463. The molecule has 0 spiro atoms. The average Bonchev–Trinajstić information content (AvgIpc) is 2.42. The lowest BCUT2D eigenvalue weighted by atomic mass is 10.3. The third-order valence-corrected chi connectivity index (χ3v) is 3.28. The van der Waals surface area contributed by atoms with Crippen molar-refractivity contribution in [2.75, 3.05) is 13.2 Å². The number of nitrogens with zero attached hydrogens (tertiary/aromatic N) is 1. The van der Waals surface area contributed by atoms with Crippen LogP contribution < -0.4 is 5.14 Å². The highest BCUT2D eigenvalue weighted by molar-refractivity contribution is 7.86. The number of hydrogen-bond donors (Lipinski definition) is 1. The summed E-state index contributed by atoms with van der Waals surface area (Å²) in [5.74, 6) is 0. The smallest absolute Gasteiger partial charge is 0.277 e. The van der Waals surface area contributed by atoms with Gasteiger partial charge in [0.1, 0.15) is 0 Å². The highest BCUT2D eigenvalue weighted by Crippen LogP contribution is 2.28. The first kappa shape index (κ1) is 7.48. The molecule has 2 fully saturated rings. The van der Waals surface area contributed by atoms with E-state index in [1.807, 2.05) is 0 Å². The summed E-state index contributed by atoms with van der Waals surface area (Å²) in [4.78, 5) is 0. The van der Waals surface area contributed by atoms with Gasteiger partial charge in [0.2, 0.25) is 0 Å². The van der Waals surface area contributed by atoms with E-state index in [1.54, 1.807) is 0 Å². The highest BCUT2D eigenvalue weighted by atomic mass is 32.2. The van der Waals surface area contributed by atoms with Crippen molar-refractivity contribution in [1.29, 1.82) is 0 Å². The summed E-state index contributed by atoms with van der Waals surface area (Å²) in [6.45, 7) is 0.935. The molecule has 0 aliphatic carbocycles. The monoisotopic (exact) mass is 178 g/mol. The zero-order chi connectivity index (χ0) is 8.06. The lowest BCUT2D eigenvalue weighted by Crippen LogP contribution is -2.44. The van der Waals surface area contributed by atoms with Crippen molar-refractivity contribution in [2.45, 2.75) is 18.6 Å². The van der Waals surface area contributed by atoms with Crippen molar-refractivity contribution in [1.82, 2.24) is 4.31 Å². The topological polar surface area (TPSA) is 72.6 Å². The van der Waals surface area contributed by atoms with Gasteiger partial charge >= 0.3 is 0 Å². The number of morpholine rings is 1. The molecule has 64 valence electrons. The second-order valence-corrected chi connectivity index (χ2v) is 4.46. The van der Waals surface area contributed by atoms with Crippen molar-refractivity contribution >= 4 is 10.2 Å². The standard InChI is InChI=1S/C5H10N2O3S/c6-11(8,9)7-2-5-1-4(7)3-10-5/h4-5H,1-3H2,(H2,6,8,9)/t4-,5-/m0/s1. The van der Waals surface area contributed by atoms with E-state index in [9.17, 15) is 8.42 Å². The van der Waals surface area contributed by atoms with Gasteiger partial charge in [-0.15, -0.1) is 0 Å². The predicted octanol–water partition coefficient (Wildman–Crippen LogP) is -1.34. The molecule has 2 heterocycles. The molecular weight excluding hydrogens is 168 g/mol. The molecule has 2 N–H and O–H groups in total.